The number of nitrogens with two attached hydrogens (primary N) is 1. The number of pyridine rings is 1. The summed E-state index contributed by atoms with van der Waals surface area (Å²) in [5, 5.41) is 0.297. The van der Waals surface area contributed by atoms with Gasteiger partial charge in [0.2, 0.25) is 11.8 Å². The van der Waals surface area contributed by atoms with Crippen molar-refractivity contribution in [2.24, 2.45) is 5.73 Å². The molecule has 5 nitrogen and oxygen atoms in total. The molecule has 0 aliphatic rings. The maximum absolute atomic E-state index is 10.9. The highest BCUT2D eigenvalue weighted by Gasteiger charge is 2.06. The second-order valence-corrected chi connectivity index (χ2v) is 4.07. The Labute approximate surface area is 114 Å². The van der Waals surface area contributed by atoms with Gasteiger partial charge in [-0.25, -0.2) is 4.98 Å². The van der Waals surface area contributed by atoms with Gasteiger partial charge in [-0.3, -0.25) is 9.59 Å². The van der Waals surface area contributed by atoms with Gasteiger partial charge in [-0.1, -0.05) is 11.6 Å². The second-order valence-electron chi connectivity index (χ2n) is 3.66. The molecule has 1 heterocycles. The Morgan fingerprint density at radius 1 is 1.32 bits per heavy atom. The van der Waals surface area contributed by atoms with Crippen molar-refractivity contribution >= 4 is 23.8 Å². The molecule has 1 aromatic heterocycles. The van der Waals surface area contributed by atoms with Crippen molar-refractivity contribution in [1.82, 2.24) is 4.98 Å². The molecule has 0 spiro atoms. The van der Waals surface area contributed by atoms with Crippen molar-refractivity contribution in [2.45, 2.75) is 0 Å². The van der Waals surface area contributed by atoms with Crippen molar-refractivity contribution < 1.29 is 14.3 Å². The predicted molar refractivity (Wildman–Crippen MR) is 69.7 cm³/mol. The topological polar surface area (TPSA) is 82.3 Å². The molecular formula is C13H9ClN2O3. The first-order chi connectivity index (χ1) is 9.10. The minimum absolute atomic E-state index is 0.269. The number of aromatic nitrogens is 1. The number of carbonyl (C=O) groups is 2. The number of rotatable bonds is 4. The molecule has 0 saturated carbocycles. The molecule has 0 radical (unpaired) electrons. The third kappa shape index (κ3) is 3.08. The summed E-state index contributed by atoms with van der Waals surface area (Å²) in [7, 11) is 0. The zero-order valence-corrected chi connectivity index (χ0v) is 10.4. The van der Waals surface area contributed by atoms with Crippen LogP contribution in [0.4, 0.5) is 0 Å². The number of hydrogen-bond donors (Lipinski definition) is 1. The summed E-state index contributed by atoms with van der Waals surface area (Å²) < 4.78 is 5.43. The number of ether oxygens (including phenoxy) is 1. The minimum atomic E-state index is -0.563. The zero-order chi connectivity index (χ0) is 13.8. The molecule has 0 unspecified atom stereocenters. The number of nitrogens with zero attached hydrogens (tertiary/aromatic N) is 1. The first kappa shape index (κ1) is 13.0. The van der Waals surface area contributed by atoms with Gasteiger partial charge in [0.1, 0.15) is 12.0 Å². The van der Waals surface area contributed by atoms with E-state index in [0.29, 0.717) is 22.6 Å². The monoisotopic (exact) mass is 276 g/mol. The number of halogens is 1. The van der Waals surface area contributed by atoms with Gasteiger partial charge in [0.25, 0.3) is 0 Å². The summed E-state index contributed by atoms with van der Waals surface area (Å²) in [6.07, 6.45) is 2.00. The lowest BCUT2D eigenvalue weighted by Gasteiger charge is -2.07. The van der Waals surface area contributed by atoms with E-state index in [4.69, 9.17) is 22.1 Å². The lowest BCUT2D eigenvalue weighted by Crippen LogP contribution is -2.10. The molecule has 6 heteroatoms. The van der Waals surface area contributed by atoms with Crippen LogP contribution in [0, 0.1) is 0 Å². The van der Waals surface area contributed by atoms with Gasteiger partial charge in [-0.15, -0.1) is 0 Å². The highest BCUT2D eigenvalue weighted by Crippen LogP contribution is 2.28. The van der Waals surface area contributed by atoms with Gasteiger partial charge >= 0.3 is 0 Å². The standard InChI is InChI=1S/C13H9ClN2O3/c14-10-5-8(7-17)1-3-11(10)19-12-4-2-9(6-16-12)13(15)18/h1-7H,(H2,15,18). The van der Waals surface area contributed by atoms with Crippen LogP contribution in [0.15, 0.2) is 36.5 Å². The summed E-state index contributed by atoms with van der Waals surface area (Å²) in [6, 6.07) is 7.63. The fourth-order valence-electron chi connectivity index (χ4n) is 1.37. The number of benzene rings is 1. The van der Waals surface area contributed by atoms with E-state index >= 15 is 0 Å². The Morgan fingerprint density at radius 3 is 2.63 bits per heavy atom. The molecular weight excluding hydrogens is 268 g/mol. The summed E-state index contributed by atoms with van der Waals surface area (Å²) >= 11 is 5.95. The van der Waals surface area contributed by atoms with Crippen LogP contribution < -0.4 is 10.5 Å². The van der Waals surface area contributed by atoms with Crippen LogP contribution in [-0.2, 0) is 0 Å². The Kier molecular flexibility index (Phi) is 3.77. The van der Waals surface area contributed by atoms with Gasteiger partial charge in [-0.05, 0) is 24.3 Å². The first-order valence-electron chi connectivity index (χ1n) is 5.28. The lowest BCUT2D eigenvalue weighted by molar-refractivity contribution is 0.0999. The van der Waals surface area contributed by atoms with Gasteiger partial charge in [0.15, 0.2) is 0 Å². The molecule has 2 rings (SSSR count). The van der Waals surface area contributed by atoms with Crippen LogP contribution in [0.1, 0.15) is 20.7 Å². The van der Waals surface area contributed by atoms with Gasteiger partial charge in [0, 0.05) is 17.8 Å². The molecule has 0 atom stereocenters. The minimum Gasteiger partial charge on any atom is -0.437 e. The average molecular weight is 277 g/mol. The third-order valence-corrected chi connectivity index (χ3v) is 2.62. The molecule has 1 amide bonds. The van der Waals surface area contributed by atoms with Crippen molar-refractivity contribution in [3.05, 3.63) is 52.7 Å². The van der Waals surface area contributed by atoms with E-state index in [0.717, 1.165) is 0 Å². The number of hydrogen-bond acceptors (Lipinski definition) is 4. The normalized spacial score (nSPS) is 9.95. The van der Waals surface area contributed by atoms with E-state index in [-0.39, 0.29) is 11.4 Å². The highest BCUT2D eigenvalue weighted by atomic mass is 35.5. The van der Waals surface area contributed by atoms with Crippen LogP contribution in [0.2, 0.25) is 5.02 Å². The number of carbonyl (C=O) groups excluding carboxylic acids is 2. The summed E-state index contributed by atoms with van der Waals surface area (Å²) in [5.74, 6) is 0.0739. The summed E-state index contributed by atoms with van der Waals surface area (Å²) in [4.78, 5) is 25.4. The maximum atomic E-state index is 10.9. The molecule has 2 aromatic rings. The number of aldehydes is 1. The molecule has 0 fully saturated rings. The largest absolute Gasteiger partial charge is 0.437 e. The Balaban J connectivity index is 2.21. The van der Waals surface area contributed by atoms with Crippen molar-refractivity contribution in [3.63, 3.8) is 0 Å². The smallest absolute Gasteiger partial charge is 0.250 e. The number of amides is 1. The molecule has 0 aliphatic carbocycles. The quantitative estimate of drug-likeness (QED) is 0.870. The van der Waals surface area contributed by atoms with Gasteiger partial charge in [0.05, 0.1) is 10.6 Å². The molecule has 0 bridgehead atoms. The molecule has 2 N–H and O–H groups in total. The second kappa shape index (κ2) is 5.49. The third-order valence-electron chi connectivity index (χ3n) is 2.33. The van der Waals surface area contributed by atoms with E-state index in [2.05, 4.69) is 4.98 Å². The molecule has 96 valence electrons. The van der Waals surface area contributed by atoms with E-state index in [9.17, 15) is 9.59 Å². The molecule has 1 aromatic carbocycles. The van der Waals surface area contributed by atoms with E-state index in [1.165, 1.54) is 24.4 Å². The summed E-state index contributed by atoms with van der Waals surface area (Å²) in [5.41, 5.74) is 5.84. The molecule has 19 heavy (non-hydrogen) atoms. The molecule has 0 aliphatic heterocycles. The predicted octanol–water partition coefficient (Wildman–Crippen LogP) is 2.44. The Hall–Kier alpha value is -2.40. The van der Waals surface area contributed by atoms with E-state index in [1.807, 2.05) is 0 Å². The average Bonchev–Trinajstić information content (AvgIpc) is 2.41. The van der Waals surface area contributed by atoms with Gasteiger partial charge < -0.3 is 10.5 Å². The highest BCUT2D eigenvalue weighted by molar-refractivity contribution is 6.32. The first-order valence-corrected chi connectivity index (χ1v) is 5.66. The Morgan fingerprint density at radius 2 is 2.11 bits per heavy atom. The Bertz CT molecular complexity index is 626. The van der Waals surface area contributed by atoms with E-state index < -0.39 is 5.91 Å². The fraction of sp³-hybridized carbons (Fsp3) is 0. The van der Waals surface area contributed by atoms with Crippen molar-refractivity contribution in [3.8, 4) is 11.6 Å². The zero-order valence-electron chi connectivity index (χ0n) is 9.67. The van der Waals surface area contributed by atoms with E-state index in [1.54, 1.807) is 12.1 Å². The van der Waals surface area contributed by atoms with Crippen LogP contribution in [0.25, 0.3) is 0 Å². The van der Waals surface area contributed by atoms with Crippen LogP contribution >= 0.6 is 11.6 Å². The molecule has 0 saturated heterocycles. The maximum Gasteiger partial charge on any atom is 0.250 e. The van der Waals surface area contributed by atoms with Crippen LogP contribution in [0.5, 0.6) is 11.6 Å². The van der Waals surface area contributed by atoms with Crippen molar-refractivity contribution in [1.29, 1.82) is 0 Å². The fourth-order valence-corrected chi connectivity index (χ4v) is 1.60. The lowest BCUT2D eigenvalue weighted by atomic mass is 10.2. The van der Waals surface area contributed by atoms with Crippen LogP contribution in [-0.4, -0.2) is 17.2 Å². The van der Waals surface area contributed by atoms with Gasteiger partial charge in [-0.2, -0.15) is 0 Å². The summed E-state index contributed by atoms with van der Waals surface area (Å²) in [6.45, 7) is 0. The van der Waals surface area contributed by atoms with Crippen molar-refractivity contribution in [2.75, 3.05) is 0 Å². The SMILES string of the molecule is NC(=O)c1ccc(Oc2ccc(C=O)cc2Cl)nc1. The number of primary amides is 1. The van der Waals surface area contributed by atoms with Crippen LogP contribution in [0.3, 0.4) is 0 Å².